The monoisotopic (exact) mass is 456 g/mol. The van der Waals surface area contributed by atoms with Crippen LogP contribution in [0.25, 0.3) is 0 Å². The Morgan fingerprint density at radius 2 is 1.82 bits per heavy atom. The summed E-state index contributed by atoms with van der Waals surface area (Å²) >= 11 is 0. The summed E-state index contributed by atoms with van der Waals surface area (Å²) in [5, 5.41) is 9.41. The van der Waals surface area contributed by atoms with Crippen LogP contribution in [0, 0.1) is 11.3 Å². The van der Waals surface area contributed by atoms with Gasteiger partial charge in [0.15, 0.2) is 5.82 Å². The maximum absolute atomic E-state index is 12.0. The van der Waals surface area contributed by atoms with Gasteiger partial charge >= 0.3 is 0 Å². The summed E-state index contributed by atoms with van der Waals surface area (Å²) in [5.41, 5.74) is 2.60. The van der Waals surface area contributed by atoms with Crippen molar-refractivity contribution >= 4 is 17.4 Å². The van der Waals surface area contributed by atoms with Crippen LogP contribution in [0.2, 0.25) is 0 Å². The third-order valence-electron chi connectivity index (χ3n) is 5.90. The van der Waals surface area contributed by atoms with Crippen LogP contribution in [0.15, 0.2) is 66.9 Å². The van der Waals surface area contributed by atoms with Gasteiger partial charge in [0.05, 0.1) is 18.2 Å². The van der Waals surface area contributed by atoms with E-state index < -0.39 is 0 Å². The molecule has 1 aromatic heterocycles. The lowest BCUT2D eigenvalue weighted by Crippen LogP contribution is -2.50. The van der Waals surface area contributed by atoms with Crippen LogP contribution in [0.5, 0.6) is 11.5 Å². The van der Waals surface area contributed by atoms with Crippen molar-refractivity contribution in [2.75, 3.05) is 31.2 Å². The van der Waals surface area contributed by atoms with Crippen molar-refractivity contribution in [1.29, 1.82) is 5.26 Å². The molecule has 1 unspecified atom stereocenters. The molecule has 0 bridgehead atoms. The first kappa shape index (κ1) is 23.3. The number of likely N-dealkylation sites (N-methyl/N-ethyl adjacent to an activating group) is 1. The lowest BCUT2D eigenvalue weighted by atomic mass is 10.0. The van der Waals surface area contributed by atoms with Crippen LogP contribution >= 0.6 is 0 Å². The van der Waals surface area contributed by atoms with Crippen LogP contribution in [0.4, 0.5) is 11.5 Å². The molecular formula is C27H28N4O3. The number of aromatic nitrogens is 1. The number of amides is 1. The van der Waals surface area contributed by atoms with E-state index in [2.05, 4.69) is 11.1 Å². The first-order valence-corrected chi connectivity index (χ1v) is 11.5. The minimum atomic E-state index is 0.0516. The minimum Gasteiger partial charge on any atom is -0.457 e. The quantitative estimate of drug-likeness (QED) is 0.489. The zero-order valence-corrected chi connectivity index (χ0v) is 19.5. The Labute approximate surface area is 200 Å². The van der Waals surface area contributed by atoms with E-state index in [1.807, 2.05) is 72.2 Å². The van der Waals surface area contributed by atoms with Gasteiger partial charge in [0.1, 0.15) is 24.2 Å². The van der Waals surface area contributed by atoms with Crippen molar-refractivity contribution in [3.8, 4) is 17.6 Å². The number of benzene rings is 2. The van der Waals surface area contributed by atoms with Crippen LogP contribution in [-0.4, -0.2) is 48.1 Å². The summed E-state index contributed by atoms with van der Waals surface area (Å²) in [6.07, 6.45) is 2.44. The number of nitrogens with zero attached hydrogens (tertiary/aromatic N) is 4. The number of hydrogen-bond donors (Lipinski definition) is 0. The molecule has 7 nitrogen and oxygen atoms in total. The number of carbonyl (C=O) groups is 1. The maximum Gasteiger partial charge on any atom is 0.248 e. The smallest absolute Gasteiger partial charge is 0.248 e. The molecule has 1 saturated heterocycles. The molecule has 174 valence electrons. The fourth-order valence-corrected chi connectivity index (χ4v) is 4.21. The number of pyridine rings is 1. The fraction of sp³-hybridized carbons (Fsp3) is 0.296. The summed E-state index contributed by atoms with van der Waals surface area (Å²) < 4.78 is 11.5. The first-order valence-electron chi connectivity index (χ1n) is 11.5. The lowest BCUT2D eigenvalue weighted by molar-refractivity contribution is -0.147. The summed E-state index contributed by atoms with van der Waals surface area (Å²) in [7, 11) is 0. The van der Waals surface area contributed by atoms with Gasteiger partial charge in [0.2, 0.25) is 5.91 Å². The number of morpholine rings is 1. The van der Waals surface area contributed by atoms with Crippen LogP contribution in [0.3, 0.4) is 0 Å². The third kappa shape index (κ3) is 5.19. The van der Waals surface area contributed by atoms with Crippen molar-refractivity contribution in [2.24, 2.45) is 0 Å². The summed E-state index contributed by atoms with van der Waals surface area (Å²) in [6, 6.07) is 21.5. The van der Waals surface area contributed by atoms with Gasteiger partial charge in [-0.15, -0.1) is 0 Å². The number of rotatable bonds is 8. The second-order valence-corrected chi connectivity index (χ2v) is 8.02. The highest BCUT2D eigenvalue weighted by Crippen LogP contribution is 2.29. The Balaban J connectivity index is 1.41. The molecular weight excluding hydrogens is 428 g/mol. The number of carbonyl (C=O) groups excluding carboxylic acids is 1. The highest BCUT2D eigenvalue weighted by atomic mass is 16.5. The molecule has 1 aliphatic rings. The average molecular weight is 457 g/mol. The Hall–Kier alpha value is -3.89. The molecule has 1 aliphatic heterocycles. The van der Waals surface area contributed by atoms with E-state index in [-0.39, 0.29) is 18.6 Å². The fourth-order valence-electron chi connectivity index (χ4n) is 4.21. The zero-order valence-electron chi connectivity index (χ0n) is 19.5. The molecule has 34 heavy (non-hydrogen) atoms. The molecule has 0 radical (unpaired) electrons. The van der Waals surface area contributed by atoms with Crippen molar-refractivity contribution in [1.82, 2.24) is 9.88 Å². The molecule has 0 N–H and O–H groups in total. The third-order valence-corrected chi connectivity index (χ3v) is 5.90. The van der Waals surface area contributed by atoms with E-state index in [0.29, 0.717) is 31.1 Å². The topological polar surface area (TPSA) is 78.7 Å². The van der Waals surface area contributed by atoms with Crippen molar-refractivity contribution in [3.05, 3.63) is 78.0 Å². The molecule has 1 amide bonds. The van der Waals surface area contributed by atoms with Gasteiger partial charge in [-0.25, -0.2) is 4.98 Å². The summed E-state index contributed by atoms with van der Waals surface area (Å²) in [6.45, 7) is 6.13. The van der Waals surface area contributed by atoms with Crippen LogP contribution in [0.1, 0.15) is 25.0 Å². The summed E-state index contributed by atoms with van der Waals surface area (Å²) in [5.74, 6) is 2.15. The standard InChI is InChI=1S/C27H28N4O3/c1-3-30-23(18-33-19-26(30)32)16-20-7-11-24(12-8-20)34-25-13-9-22(10-14-25)31(4-2)27-21(17-28)6-5-15-29-27/h5-15,23H,3-4,16,18-19H2,1-2H3. The number of nitriles is 1. The van der Waals surface area contributed by atoms with E-state index in [9.17, 15) is 10.1 Å². The lowest BCUT2D eigenvalue weighted by Gasteiger charge is -2.34. The Morgan fingerprint density at radius 1 is 1.12 bits per heavy atom. The van der Waals surface area contributed by atoms with Gasteiger partial charge in [-0.1, -0.05) is 12.1 Å². The average Bonchev–Trinajstić information content (AvgIpc) is 2.87. The van der Waals surface area contributed by atoms with Crippen LogP contribution < -0.4 is 9.64 Å². The second-order valence-electron chi connectivity index (χ2n) is 8.02. The first-order chi connectivity index (χ1) is 16.6. The number of ether oxygens (including phenoxy) is 2. The van der Waals surface area contributed by atoms with E-state index in [0.717, 1.165) is 29.2 Å². The molecule has 1 atom stereocenters. The number of hydrogen-bond acceptors (Lipinski definition) is 6. The molecule has 0 aliphatic carbocycles. The molecule has 0 saturated carbocycles. The molecule has 0 spiro atoms. The predicted octanol–water partition coefficient (Wildman–Crippen LogP) is 4.69. The normalized spacial score (nSPS) is 15.6. The van der Waals surface area contributed by atoms with Gasteiger partial charge in [-0.2, -0.15) is 5.26 Å². The summed E-state index contributed by atoms with van der Waals surface area (Å²) in [4.78, 5) is 20.3. The number of anilines is 2. The van der Waals surface area contributed by atoms with Gasteiger partial charge in [0, 0.05) is 25.0 Å². The van der Waals surface area contributed by atoms with E-state index in [1.165, 1.54) is 0 Å². The Bertz CT molecular complexity index is 1160. The van der Waals surface area contributed by atoms with Crippen molar-refractivity contribution in [3.63, 3.8) is 0 Å². The van der Waals surface area contributed by atoms with Gasteiger partial charge in [0.25, 0.3) is 0 Å². The predicted molar refractivity (Wildman–Crippen MR) is 130 cm³/mol. The molecule has 1 fully saturated rings. The van der Waals surface area contributed by atoms with Gasteiger partial charge in [-0.3, -0.25) is 4.79 Å². The maximum atomic E-state index is 12.0. The minimum absolute atomic E-state index is 0.0516. The Kier molecular flexibility index (Phi) is 7.41. The van der Waals surface area contributed by atoms with E-state index in [4.69, 9.17) is 9.47 Å². The van der Waals surface area contributed by atoms with Crippen LogP contribution in [-0.2, 0) is 16.0 Å². The molecule has 3 aromatic rings. The van der Waals surface area contributed by atoms with E-state index >= 15 is 0 Å². The van der Waals surface area contributed by atoms with Crippen molar-refractivity contribution < 1.29 is 14.3 Å². The molecule has 2 aromatic carbocycles. The van der Waals surface area contributed by atoms with Crippen molar-refractivity contribution in [2.45, 2.75) is 26.3 Å². The second kappa shape index (κ2) is 10.8. The molecule has 4 rings (SSSR count). The van der Waals surface area contributed by atoms with Gasteiger partial charge in [-0.05, 0) is 74.4 Å². The van der Waals surface area contributed by atoms with E-state index in [1.54, 1.807) is 18.3 Å². The Morgan fingerprint density at radius 3 is 2.47 bits per heavy atom. The SMILES string of the molecule is CCN(c1ccc(Oc2ccc(CC3COCC(=O)N3CC)cc2)cc1)c1ncccc1C#N. The molecule has 7 heteroatoms. The highest BCUT2D eigenvalue weighted by molar-refractivity contribution is 5.78. The largest absolute Gasteiger partial charge is 0.457 e. The zero-order chi connectivity index (χ0) is 23.9. The van der Waals surface area contributed by atoms with Gasteiger partial charge < -0.3 is 19.3 Å². The molecule has 2 heterocycles. The highest BCUT2D eigenvalue weighted by Gasteiger charge is 2.27.